The molecule has 2 aliphatic rings. The Balaban J connectivity index is 0.00000121. The summed E-state index contributed by atoms with van der Waals surface area (Å²) in [5.41, 5.74) is 3.01. The van der Waals surface area contributed by atoms with Crippen LogP contribution in [-0.4, -0.2) is 42.0 Å². The number of nitrogens with zero attached hydrogens (tertiary/aromatic N) is 2. The van der Waals surface area contributed by atoms with Crippen molar-refractivity contribution >= 4 is 42.1 Å². The number of likely N-dealkylation sites (tertiary alicyclic amines) is 1. The van der Waals surface area contributed by atoms with Gasteiger partial charge in [-0.15, -0.1) is 36.2 Å². The number of halogens is 2. The van der Waals surface area contributed by atoms with E-state index in [1.165, 1.54) is 5.56 Å². The van der Waals surface area contributed by atoms with E-state index in [0.29, 0.717) is 23.4 Å². The van der Waals surface area contributed by atoms with Crippen LogP contribution < -0.4 is 5.32 Å². The maximum atomic E-state index is 12.7. The molecular weight excluding hydrogens is 389 g/mol. The normalized spacial score (nSPS) is 21.3. The SMILES string of the molecule is CC(C)c1ccc(-c2nc(C(=O)N3C[C@H]4CNC[C@H]4C3)cs2)cc1.Cl.Cl. The lowest BCUT2D eigenvalue weighted by Gasteiger charge is -2.15. The lowest BCUT2D eigenvalue weighted by molar-refractivity contribution is 0.0777. The molecule has 2 atom stereocenters. The summed E-state index contributed by atoms with van der Waals surface area (Å²) in [7, 11) is 0. The number of amides is 1. The number of benzene rings is 1. The van der Waals surface area contributed by atoms with Gasteiger partial charge in [-0.1, -0.05) is 38.1 Å². The smallest absolute Gasteiger partial charge is 0.273 e. The van der Waals surface area contributed by atoms with E-state index in [4.69, 9.17) is 0 Å². The fraction of sp³-hybridized carbons (Fsp3) is 0.474. The van der Waals surface area contributed by atoms with Gasteiger partial charge in [-0.05, 0) is 23.3 Å². The number of nitrogens with one attached hydrogen (secondary N) is 1. The number of rotatable bonds is 3. The van der Waals surface area contributed by atoms with Gasteiger partial charge in [0.15, 0.2) is 0 Å². The lowest BCUT2D eigenvalue weighted by atomic mass is 10.0. The van der Waals surface area contributed by atoms with Crippen molar-refractivity contribution in [3.05, 3.63) is 40.9 Å². The van der Waals surface area contributed by atoms with E-state index in [1.807, 2.05) is 10.3 Å². The molecule has 2 aromatic rings. The van der Waals surface area contributed by atoms with E-state index in [2.05, 4.69) is 48.4 Å². The van der Waals surface area contributed by atoms with Crippen molar-refractivity contribution in [3.8, 4) is 10.6 Å². The van der Waals surface area contributed by atoms with Gasteiger partial charge >= 0.3 is 0 Å². The molecule has 0 aliphatic carbocycles. The van der Waals surface area contributed by atoms with Crippen molar-refractivity contribution in [2.45, 2.75) is 19.8 Å². The van der Waals surface area contributed by atoms with E-state index >= 15 is 0 Å². The van der Waals surface area contributed by atoms with Crippen molar-refractivity contribution in [2.24, 2.45) is 11.8 Å². The van der Waals surface area contributed by atoms with Gasteiger partial charge in [-0.3, -0.25) is 4.79 Å². The molecule has 1 aromatic carbocycles. The van der Waals surface area contributed by atoms with Crippen LogP contribution in [0.3, 0.4) is 0 Å². The molecule has 1 aromatic heterocycles. The van der Waals surface area contributed by atoms with Crippen LogP contribution in [-0.2, 0) is 0 Å². The fourth-order valence-electron chi connectivity index (χ4n) is 3.70. The van der Waals surface area contributed by atoms with Crippen molar-refractivity contribution in [1.82, 2.24) is 15.2 Å². The molecule has 0 unspecified atom stereocenters. The minimum absolute atomic E-state index is 0. The predicted molar refractivity (Wildman–Crippen MR) is 112 cm³/mol. The number of carbonyl (C=O) groups is 1. The molecule has 3 heterocycles. The first kappa shape index (κ1) is 21.2. The second-order valence-corrected chi connectivity index (χ2v) is 8.06. The average molecular weight is 414 g/mol. The van der Waals surface area contributed by atoms with Gasteiger partial charge < -0.3 is 10.2 Å². The van der Waals surface area contributed by atoms with Crippen molar-refractivity contribution in [2.75, 3.05) is 26.2 Å². The minimum atomic E-state index is 0. The van der Waals surface area contributed by atoms with Crippen LogP contribution in [0.4, 0.5) is 0 Å². The third-order valence-electron chi connectivity index (χ3n) is 5.22. The van der Waals surface area contributed by atoms with Crippen molar-refractivity contribution in [1.29, 1.82) is 0 Å². The maximum absolute atomic E-state index is 12.7. The van der Waals surface area contributed by atoms with E-state index < -0.39 is 0 Å². The number of carbonyl (C=O) groups excluding carboxylic acids is 1. The Hall–Kier alpha value is -1.14. The predicted octanol–water partition coefficient (Wildman–Crippen LogP) is 4.07. The molecule has 2 aliphatic heterocycles. The summed E-state index contributed by atoms with van der Waals surface area (Å²) < 4.78 is 0. The Morgan fingerprint density at radius 2 is 1.77 bits per heavy atom. The van der Waals surface area contributed by atoms with E-state index in [-0.39, 0.29) is 30.7 Å². The van der Waals surface area contributed by atoms with Gasteiger partial charge in [-0.2, -0.15) is 0 Å². The number of aromatic nitrogens is 1. The second kappa shape index (κ2) is 8.70. The van der Waals surface area contributed by atoms with Crippen LogP contribution in [0.25, 0.3) is 10.6 Å². The molecule has 26 heavy (non-hydrogen) atoms. The summed E-state index contributed by atoms with van der Waals surface area (Å²) in [6.07, 6.45) is 0. The summed E-state index contributed by atoms with van der Waals surface area (Å²) in [5, 5.41) is 6.24. The first-order chi connectivity index (χ1) is 11.6. The van der Waals surface area contributed by atoms with Crippen molar-refractivity contribution in [3.63, 3.8) is 0 Å². The van der Waals surface area contributed by atoms with Crippen LogP contribution in [0.1, 0.15) is 35.8 Å². The van der Waals surface area contributed by atoms with Gasteiger partial charge in [0.05, 0.1) is 0 Å². The molecule has 4 rings (SSSR count). The fourth-order valence-corrected chi connectivity index (χ4v) is 4.50. The highest BCUT2D eigenvalue weighted by atomic mass is 35.5. The van der Waals surface area contributed by atoms with Gasteiger partial charge in [0.1, 0.15) is 10.7 Å². The van der Waals surface area contributed by atoms with Crippen LogP contribution in [0.2, 0.25) is 0 Å². The molecule has 1 N–H and O–H groups in total. The third-order valence-corrected chi connectivity index (χ3v) is 6.12. The molecule has 4 nitrogen and oxygen atoms in total. The topological polar surface area (TPSA) is 45.2 Å². The largest absolute Gasteiger partial charge is 0.337 e. The standard InChI is InChI=1S/C19H23N3OS.2ClH/c1-12(2)13-3-5-14(6-4-13)18-21-17(11-24-18)19(23)22-9-15-7-20-8-16(15)10-22;;/h3-6,11-12,15-16,20H,7-10H2,1-2H3;2*1H/t15-,16+;;. The van der Waals surface area contributed by atoms with E-state index in [9.17, 15) is 4.79 Å². The summed E-state index contributed by atoms with van der Waals surface area (Å²) in [5.74, 6) is 1.86. The number of hydrogen-bond acceptors (Lipinski definition) is 4. The van der Waals surface area contributed by atoms with Crippen LogP contribution in [0, 0.1) is 11.8 Å². The molecule has 2 saturated heterocycles. The Morgan fingerprint density at radius 1 is 1.15 bits per heavy atom. The summed E-state index contributed by atoms with van der Waals surface area (Å²) >= 11 is 1.55. The molecule has 0 saturated carbocycles. The minimum Gasteiger partial charge on any atom is -0.337 e. The number of thiazole rings is 1. The first-order valence-electron chi connectivity index (χ1n) is 8.67. The Labute approximate surface area is 171 Å². The highest BCUT2D eigenvalue weighted by Gasteiger charge is 2.38. The van der Waals surface area contributed by atoms with Gasteiger partial charge in [0.25, 0.3) is 5.91 Å². The molecular formula is C19H25Cl2N3OS. The van der Waals surface area contributed by atoms with E-state index in [0.717, 1.165) is 36.8 Å². The Morgan fingerprint density at radius 3 is 2.35 bits per heavy atom. The molecule has 142 valence electrons. The Kier molecular flexibility index (Phi) is 7.08. The van der Waals surface area contributed by atoms with Gasteiger partial charge in [0, 0.05) is 37.1 Å². The van der Waals surface area contributed by atoms with Gasteiger partial charge in [-0.25, -0.2) is 4.98 Å². The maximum Gasteiger partial charge on any atom is 0.273 e. The van der Waals surface area contributed by atoms with Crippen LogP contribution in [0.15, 0.2) is 29.6 Å². The monoisotopic (exact) mass is 413 g/mol. The number of fused-ring (bicyclic) bond motifs is 1. The Bertz CT molecular complexity index is 735. The van der Waals surface area contributed by atoms with Crippen LogP contribution in [0.5, 0.6) is 0 Å². The van der Waals surface area contributed by atoms with Crippen LogP contribution >= 0.6 is 36.2 Å². The summed E-state index contributed by atoms with van der Waals surface area (Å²) in [6, 6.07) is 8.51. The first-order valence-corrected chi connectivity index (χ1v) is 9.55. The molecule has 1 amide bonds. The zero-order valence-corrected chi connectivity index (χ0v) is 17.4. The van der Waals surface area contributed by atoms with Crippen molar-refractivity contribution < 1.29 is 4.79 Å². The lowest BCUT2D eigenvalue weighted by Crippen LogP contribution is -2.32. The summed E-state index contributed by atoms with van der Waals surface area (Å²) in [6.45, 7) is 8.20. The highest BCUT2D eigenvalue weighted by Crippen LogP contribution is 2.29. The molecule has 2 fully saturated rings. The molecule has 0 radical (unpaired) electrons. The molecule has 0 bridgehead atoms. The zero-order valence-electron chi connectivity index (χ0n) is 15.0. The second-order valence-electron chi connectivity index (χ2n) is 7.20. The molecule has 0 spiro atoms. The summed E-state index contributed by atoms with van der Waals surface area (Å²) in [4.78, 5) is 19.3. The highest BCUT2D eigenvalue weighted by molar-refractivity contribution is 7.13. The number of hydrogen-bond donors (Lipinski definition) is 1. The molecule has 7 heteroatoms. The quantitative estimate of drug-likeness (QED) is 0.824. The van der Waals surface area contributed by atoms with E-state index in [1.54, 1.807) is 11.3 Å². The zero-order chi connectivity index (χ0) is 16.7. The third kappa shape index (κ3) is 4.06. The average Bonchev–Trinajstić information content (AvgIpc) is 3.29. The van der Waals surface area contributed by atoms with Gasteiger partial charge in [0.2, 0.25) is 0 Å².